The van der Waals surface area contributed by atoms with Crippen LogP contribution >= 0.6 is 23.2 Å². The molecule has 6 heterocycles. The van der Waals surface area contributed by atoms with Crippen molar-refractivity contribution in [1.82, 2.24) is 44.9 Å². The van der Waals surface area contributed by atoms with Crippen molar-refractivity contribution in [1.29, 1.82) is 0 Å². The van der Waals surface area contributed by atoms with Gasteiger partial charge in [-0.15, -0.1) is 0 Å². The lowest BCUT2D eigenvalue weighted by Gasteiger charge is -2.39. The van der Waals surface area contributed by atoms with Crippen molar-refractivity contribution >= 4 is 92.7 Å². The van der Waals surface area contributed by atoms with E-state index in [9.17, 15) is 28.8 Å². The van der Waals surface area contributed by atoms with Crippen molar-refractivity contribution in [3.8, 4) is 0 Å². The Kier molecular flexibility index (Phi) is 12.3. The smallest absolute Gasteiger partial charge is 0.264 e. The van der Waals surface area contributed by atoms with Gasteiger partial charge < -0.3 is 30.3 Å². The monoisotopic (exact) mass is 946 g/mol. The van der Waals surface area contributed by atoms with E-state index in [0.717, 1.165) is 80.3 Å². The molecule has 0 unspecified atom stereocenters. The van der Waals surface area contributed by atoms with Crippen molar-refractivity contribution in [3.05, 3.63) is 100 Å². The Morgan fingerprint density at radius 1 is 0.806 bits per heavy atom. The summed E-state index contributed by atoms with van der Waals surface area (Å²) in [6.45, 7) is 5.93. The summed E-state index contributed by atoms with van der Waals surface area (Å²) in [6, 6.07) is 17.2. The van der Waals surface area contributed by atoms with Gasteiger partial charge in [0, 0.05) is 81.4 Å². The number of benzene rings is 3. The van der Waals surface area contributed by atoms with Gasteiger partial charge in [0.05, 0.1) is 39.6 Å². The summed E-state index contributed by atoms with van der Waals surface area (Å²) in [5.74, 6) is -1.58. The van der Waals surface area contributed by atoms with E-state index in [1.54, 1.807) is 36.7 Å². The Labute approximate surface area is 395 Å². The first-order valence-electron chi connectivity index (χ1n) is 22.6. The molecule has 2 aromatic heterocycles. The van der Waals surface area contributed by atoms with Crippen molar-refractivity contribution in [3.63, 3.8) is 0 Å². The van der Waals surface area contributed by atoms with Crippen LogP contribution in [-0.2, 0) is 14.4 Å². The zero-order chi connectivity index (χ0) is 46.3. The number of carbonyl (C=O) groups excluding carboxylic acids is 6. The van der Waals surface area contributed by atoms with Gasteiger partial charge >= 0.3 is 0 Å². The van der Waals surface area contributed by atoms with Crippen LogP contribution in [0.1, 0.15) is 75.6 Å². The van der Waals surface area contributed by atoms with Crippen molar-refractivity contribution in [2.45, 2.75) is 56.7 Å². The zero-order valence-corrected chi connectivity index (χ0v) is 37.9. The number of rotatable bonds is 12. The van der Waals surface area contributed by atoms with Gasteiger partial charge in [-0.3, -0.25) is 43.9 Å². The second-order valence-corrected chi connectivity index (χ2v) is 18.6. The first-order chi connectivity index (χ1) is 32.5. The SMILES string of the molecule is O=C1CC[C@H](N2C(=O)c3cccc(NCC(=O)N4CCC(CN5CCN(c6ccc(Nc7ncnc8c7ncn8C7CC(NC(=O)c8c(Cl)cccc8Cl)C7)cc6)CC5)CC4)c3C2=O)C(=O)N1. The molecule has 1 atom stereocenters. The van der Waals surface area contributed by atoms with Crippen LogP contribution in [0.3, 0.4) is 0 Å². The highest BCUT2D eigenvalue weighted by atomic mass is 35.5. The summed E-state index contributed by atoms with van der Waals surface area (Å²) in [6.07, 6.45) is 6.66. The molecule has 67 heavy (non-hydrogen) atoms. The summed E-state index contributed by atoms with van der Waals surface area (Å²) in [7, 11) is 0. The van der Waals surface area contributed by atoms with Crippen LogP contribution in [0.5, 0.6) is 0 Å². The van der Waals surface area contributed by atoms with Gasteiger partial charge in [-0.25, -0.2) is 15.0 Å². The Hall–Kier alpha value is -6.63. The fourth-order valence-corrected chi connectivity index (χ4v) is 10.4. The largest absolute Gasteiger partial charge is 0.375 e. The molecule has 4 N–H and O–H groups in total. The maximum absolute atomic E-state index is 13.5. The first-order valence-corrected chi connectivity index (χ1v) is 23.4. The third-order valence-corrected chi connectivity index (χ3v) is 14.3. The zero-order valence-electron chi connectivity index (χ0n) is 36.4. The van der Waals surface area contributed by atoms with Crippen LogP contribution in [0.2, 0.25) is 10.0 Å². The van der Waals surface area contributed by atoms with Crippen LogP contribution in [0, 0.1) is 5.92 Å². The highest BCUT2D eigenvalue weighted by molar-refractivity contribution is 6.39. The molecule has 0 bridgehead atoms. The van der Waals surface area contributed by atoms with Crippen LogP contribution in [0.15, 0.2) is 73.3 Å². The Balaban J connectivity index is 0.658. The van der Waals surface area contributed by atoms with Gasteiger partial charge in [0.15, 0.2) is 17.0 Å². The van der Waals surface area contributed by atoms with Gasteiger partial charge in [0.1, 0.15) is 12.4 Å². The quantitative estimate of drug-likeness (QED) is 0.123. The summed E-state index contributed by atoms with van der Waals surface area (Å²) in [4.78, 5) is 98.4. The average molecular weight is 948 g/mol. The van der Waals surface area contributed by atoms with Gasteiger partial charge in [-0.05, 0) is 86.6 Å². The number of halogens is 2. The van der Waals surface area contributed by atoms with E-state index < -0.39 is 29.7 Å². The Bertz CT molecular complexity index is 2760. The molecule has 4 aliphatic heterocycles. The fourth-order valence-electron chi connectivity index (χ4n) is 9.87. The van der Waals surface area contributed by atoms with E-state index in [1.807, 2.05) is 21.6 Å². The summed E-state index contributed by atoms with van der Waals surface area (Å²) < 4.78 is 2.04. The molecule has 1 saturated carbocycles. The van der Waals surface area contributed by atoms with Gasteiger partial charge in [-0.1, -0.05) is 35.3 Å². The molecular formula is C47H48Cl2N12O6. The number of anilines is 4. The first kappa shape index (κ1) is 44.2. The molecule has 0 radical (unpaired) electrons. The standard InChI is InChI=1S/C47H48Cl2N12O6/c48-33-4-2-5-34(49)40(33)45(65)55-29-21-31(22-29)60-26-53-41-42(51-25-52-43(41)60)54-28-7-9-30(10-8-28)58-19-17-57(18-20-58)24-27-13-15-59(16-14-27)38(63)23-50-35-6-1-3-32-39(35)47(67)61(46(32)66)36-11-12-37(62)56-44(36)64/h1-10,25-27,29,31,36,50H,11-24H2,(H,55,65)(H,51,52,54)(H,56,62,64)/t29?,31?,36-/m0/s1. The number of fused-ring (bicyclic) bond motifs is 2. The molecule has 20 heteroatoms. The molecular weight excluding hydrogens is 900 g/mol. The molecule has 346 valence electrons. The normalized spacial score (nSPS) is 21.3. The number of likely N-dealkylation sites (tertiary alicyclic amines) is 1. The third-order valence-electron chi connectivity index (χ3n) is 13.6. The minimum absolute atomic E-state index is 0.0249. The summed E-state index contributed by atoms with van der Waals surface area (Å²) in [5, 5.41) is 12.4. The highest BCUT2D eigenvalue weighted by Crippen LogP contribution is 2.37. The van der Waals surface area contributed by atoms with Gasteiger partial charge in [-0.2, -0.15) is 0 Å². The fraction of sp³-hybridized carbons (Fsp3) is 0.383. The highest BCUT2D eigenvalue weighted by Gasteiger charge is 2.46. The minimum Gasteiger partial charge on any atom is -0.375 e. The van der Waals surface area contributed by atoms with Crippen molar-refractivity contribution in [2.75, 3.05) is 67.9 Å². The van der Waals surface area contributed by atoms with Crippen LogP contribution in [0.4, 0.5) is 22.9 Å². The average Bonchev–Trinajstić information content (AvgIpc) is 3.85. The van der Waals surface area contributed by atoms with E-state index in [0.29, 0.717) is 46.1 Å². The molecule has 3 aromatic carbocycles. The topological polar surface area (TPSA) is 207 Å². The van der Waals surface area contributed by atoms with Gasteiger partial charge in [0.2, 0.25) is 17.7 Å². The lowest BCUT2D eigenvalue weighted by Crippen LogP contribution is -2.54. The van der Waals surface area contributed by atoms with E-state index >= 15 is 0 Å². The second kappa shape index (κ2) is 18.6. The molecule has 4 fully saturated rings. The third kappa shape index (κ3) is 8.88. The van der Waals surface area contributed by atoms with Crippen LogP contribution < -0.4 is 26.2 Å². The maximum Gasteiger partial charge on any atom is 0.264 e. The number of piperidine rings is 2. The predicted molar refractivity (Wildman–Crippen MR) is 251 cm³/mol. The number of nitrogens with one attached hydrogen (secondary N) is 4. The predicted octanol–water partition coefficient (Wildman–Crippen LogP) is 4.88. The number of aromatic nitrogens is 4. The van der Waals surface area contributed by atoms with E-state index in [-0.39, 0.29) is 60.0 Å². The number of amides is 6. The molecule has 6 amide bonds. The minimum atomic E-state index is -1.06. The molecule has 5 aromatic rings. The number of hydrogen-bond donors (Lipinski definition) is 4. The van der Waals surface area contributed by atoms with E-state index in [4.69, 9.17) is 23.2 Å². The number of imide groups is 2. The number of piperazine rings is 1. The lowest BCUT2D eigenvalue weighted by molar-refractivity contribution is -0.136. The molecule has 3 saturated heterocycles. The van der Waals surface area contributed by atoms with Crippen molar-refractivity contribution in [2.24, 2.45) is 5.92 Å². The maximum atomic E-state index is 13.5. The van der Waals surface area contributed by atoms with Gasteiger partial charge in [0.25, 0.3) is 17.7 Å². The Morgan fingerprint density at radius 3 is 2.27 bits per heavy atom. The Morgan fingerprint density at radius 2 is 1.54 bits per heavy atom. The summed E-state index contributed by atoms with van der Waals surface area (Å²) in [5.41, 5.74) is 4.37. The number of carbonyl (C=O) groups is 6. The number of hydrogen-bond acceptors (Lipinski definition) is 13. The number of imidazole rings is 1. The van der Waals surface area contributed by atoms with Crippen molar-refractivity contribution < 1.29 is 28.8 Å². The van der Waals surface area contributed by atoms with Crippen LogP contribution in [0.25, 0.3) is 11.2 Å². The summed E-state index contributed by atoms with van der Waals surface area (Å²) >= 11 is 12.5. The molecule has 18 nitrogen and oxygen atoms in total. The second-order valence-electron chi connectivity index (χ2n) is 17.8. The van der Waals surface area contributed by atoms with E-state index in [1.165, 1.54) is 12.4 Å². The molecule has 5 aliphatic rings. The molecule has 0 spiro atoms. The number of nitrogens with zero attached hydrogens (tertiary/aromatic N) is 8. The lowest BCUT2D eigenvalue weighted by atomic mass is 9.86. The molecule has 10 rings (SSSR count). The van der Waals surface area contributed by atoms with E-state index in [2.05, 4.69) is 58.2 Å². The molecule has 1 aliphatic carbocycles. The van der Waals surface area contributed by atoms with Crippen LogP contribution in [-0.4, -0.2) is 134 Å².